The Labute approximate surface area is 260 Å². The number of aliphatic hydroxyl groups excluding tert-OH is 2. The van der Waals surface area contributed by atoms with Crippen molar-refractivity contribution in [3.8, 4) is 5.75 Å². The number of benzene rings is 1. The molecule has 1 heterocycles. The van der Waals surface area contributed by atoms with Gasteiger partial charge in [0.1, 0.15) is 22.8 Å². The third-order valence-electron chi connectivity index (χ3n) is 8.79. The number of rotatable bonds is 5. The van der Waals surface area contributed by atoms with Crippen LogP contribution >= 0.6 is 28.9 Å². The number of carbonyl (C=O) groups is 3. The van der Waals surface area contributed by atoms with Gasteiger partial charge in [-0.25, -0.2) is 0 Å². The highest BCUT2D eigenvalue weighted by atomic mass is 127. The summed E-state index contributed by atoms with van der Waals surface area (Å²) in [6.07, 6.45) is 5.36. The highest BCUT2D eigenvalue weighted by Gasteiger charge is 2.64. The highest BCUT2D eigenvalue weighted by molar-refractivity contribution is 14.2. The van der Waals surface area contributed by atoms with Gasteiger partial charge < -0.3 is 31.1 Å². The topological polar surface area (TPSA) is 168 Å². The van der Waals surface area contributed by atoms with Gasteiger partial charge in [-0.3, -0.25) is 24.2 Å². The van der Waals surface area contributed by atoms with Gasteiger partial charge in [0, 0.05) is 56.5 Å². The van der Waals surface area contributed by atoms with Gasteiger partial charge in [-0.1, -0.05) is 41.1 Å². The summed E-state index contributed by atoms with van der Waals surface area (Å²) in [4.78, 5) is 45.0. The van der Waals surface area contributed by atoms with Gasteiger partial charge >= 0.3 is 0 Å². The Balaban J connectivity index is 0.00000198. The van der Waals surface area contributed by atoms with E-state index in [1.54, 1.807) is 14.1 Å². The van der Waals surface area contributed by atoms with E-state index in [-0.39, 0.29) is 29.7 Å². The molecule has 0 spiro atoms. The Bertz CT molecular complexity index is 1420. The first-order valence-electron chi connectivity index (χ1n) is 13.6. The maximum atomic E-state index is 14.1. The molecular formula is C29H38IN4O7P. The molecular weight excluding hydrogens is 674 g/mol. The van der Waals surface area contributed by atoms with Gasteiger partial charge in [-0.2, -0.15) is 0 Å². The molecule has 1 amide bonds. The third-order valence-corrected chi connectivity index (χ3v) is 8.79. The number of primary amides is 1. The number of carbonyl (C=O) groups excluding carboxylic acids is 3. The molecule has 11 nitrogen and oxygen atoms in total. The second-order valence-electron chi connectivity index (χ2n) is 11.6. The number of aromatic hydroxyl groups is 1. The summed E-state index contributed by atoms with van der Waals surface area (Å²) in [6, 6.07) is 0.784. The first-order valence-corrected chi connectivity index (χ1v) is 17.8. The number of nitrogens with zero attached hydrogens (tertiary/aromatic N) is 3. The Morgan fingerprint density at radius 2 is 1.83 bits per heavy atom. The molecule has 228 valence electrons. The molecule has 5 atom stereocenters. The number of phenols is 1. The fraction of sp³-hybridized carbons (Fsp3) is 0.483. The molecule has 1 unspecified atom stereocenters. The molecule has 13 heteroatoms. The zero-order valence-corrected chi connectivity index (χ0v) is 27.4. The lowest BCUT2D eigenvalue weighted by Gasteiger charge is -2.50. The molecule has 0 aromatic heterocycles. The normalized spacial score (nSPS) is 27.3. The van der Waals surface area contributed by atoms with Crippen LogP contribution in [0.25, 0.3) is 5.76 Å². The van der Waals surface area contributed by atoms with E-state index in [9.17, 15) is 34.8 Å². The number of phenolic OH excluding ortho intramolecular Hbond substituents is 1. The third kappa shape index (κ3) is 5.04. The smallest absolute Gasteiger partial charge is 0.255 e. The molecule has 42 heavy (non-hydrogen) atoms. The van der Waals surface area contributed by atoms with Crippen LogP contribution in [0.4, 0.5) is 5.69 Å². The maximum Gasteiger partial charge on any atom is 0.255 e. The number of amides is 1. The molecule has 0 radical (unpaired) electrons. The van der Waals surface area contributed by atoms with Crippen LogP contribution in [0, 0.1) is 11.8 Å². The molecule has 5 rings (SSSR count). The van der Waals surface area contributed by atoms with Crippen molar-refractivity contribution in [3.05, 3.63) is 51.8 Å². The zero-order chi connectivity index (χ0) is 31.3. The molecule has 1 aliphatic heterocycles. The lowest BCUT2D eigenvalue weighted by atomic mass is 9.57. The molecule has 1 fully saturated rings. The second kappa shape index (κ2) is 12.2. The number of nitrogens with two attached hydrogens (primary N) is 1. The summed E-state index contributed by atoms with van der Waals surface area (Å²) in [7, 11) is 6.87. The summed E-state index contributed by atoms with van der Waals surface area (Å²) in [6.45, 7) is 4.34. The van der Waals surface area contributed by atoms with E-state index in [1.165, 1.54) is 4.90 Å². The number of ketones is 2. The molecule has 0 saturated heterocycles. The lowest BCUT2D eigenvalue weighted by molar-refractivity contribution is -0.153. The van der Waals surface area contributed by atoms with E-state index in [0.717, 1.165) is 25.2 Å². The van der Waals surface area contributed by atoms with Crippen LogP contribution in [-0.4, -0.2) is 101 Å². The lowest BCUT2D eigenvalue weighted by Crippen LogP contribution is -2.65. The Morgan fingerprint density at radius 1 is 1.17 bits per heavy atom. The molecule has 1 saturated carbocycles. The predicted molar refractivity (Wildman–Crippen MR) is 171 cm³/mol. The van der Waals surface area contributed by atoms with Crippen molar-refractivity contribution in [2.45, 2.75) is 37.5 Å². The molecule has 1 aromatic carbocycles. The first kappa shape index (κ1) is 32.4. The summed E-state index contributed by atoms with van der Waals surface area (Å²) < 4.78 is 0. The largest absolute Gasteiger partial charge is 0.508 e. The monoisotopic (exact) mass is 712 g/mol. The maximum absolute atomic E-state index is 14.1. The fourth-order valence-corrected chi connectivity index (χ4v) is 6.94. The van der Waals surface area contributed by atoms with E-state index in [1.807, 2.05) is 25.1 Å². The average molecular weight is 713 g/mol. The minimum Gasteiger partial charge on any atom is -0.508 e. The number of halogens is 1. The standard InChI is InChI=1S/C29H36N4O7.H2IP/c1-31(2)18-12-15(13-33-8-6-5-7-9-33)23(34)20-16(18)10-14-11-17-22(32(3)4)25(36)21(28(30)39)27(38)29(17,40)26(37)19(14)24(20)35;1-2/h5-6,12,14,17,22,34-35,38,40H,7-11,13H2,1-4H3,(H2,30,39);2H2/t14-,17-,22-,29-;/m0./s1. The Kier molecular flexibility index (Phi) is 9.44. The minimum atomic E-state index is -2.65. The zero-order valence-electron chi connectivity index (χ0n) is 24.1. The molecule has 3 aliphatic carbocycles. The molecule has 4 aliphatic rings. The van der Waals surface area contributed by atoms with E-state index < -0.39 is 58.0 Å². The van der Waals surface area contributed by atoms with Gasteiger partial charge in [0.15, 0.2) is 11.4 Å². The van der Waals surface area contributed by atoms with Crippen LogP contribution < -0.4 is 10.6 Å². The van der Waals surface area contributed by atoms with Gasteiger partial charge in [0.05, 0.1) is 11.6 Å². The Morgan fingerprint density at radius 3 is 2.38 bits per heavy atom. The minimum absolute atomic E-state index is 0.0568. The van der Waals surface area contributed by atoms with Crippen molar-refractivity contribution >= 4 is 57.8 Å². The van der Waals surface area contributed by atoms with Crippen molar-refractivity contribution < 1.29 is 34.8 Å². The second-order valence-corrected chi connectivity index (χ2v) is 11.6. The summed E-state index contributed by atoms with van der Waals surface area (Å²) in [5, 5.41) is 45.8. The number of likely N-dealkylation sites (N-methyl/N-ethyl adjacent to an activating group) is 1. The number of Topliss-reactive ketones (excluding diaryl/α,β-unsaturated/α-hetero) is 2. The van der Waals surface area contributed by atoms with Crippen molar-refractivity contribution in [1.29, 1.82) is 0 Å². The predicted octanol–water partition coefficient (Wildman–Crippen LogP) is 2.00. The van der Waals surface area contributed by atoms with E-state index >= 15 is 0 Å². The van der Waals surface area contributed by atoms with Crippen LogP contribution in [-0.2, 0) is 27.3 Å². The van der Waals surface area contributed by atoms with Crippen molar-refractivity contribution in [2.75, 3.05) is 46.2 Å². The van der Waals surface area contributed by atoms with Crippen LogP contribution in [0.2, 0.25) is 0 Å². The number of fused-ring (bicyclic) bond motifs is 3. The number of hydrogen-bond donors (Lipinski definition) is 5. The molecule has 0 bridgehead atoms. The number of anilines is 1. The number of aliphatic hydroxyl groups is 3. The van der Waals surface area contributed by atoms with Gasteiger partial charge in [0.2, 0.25) is 5.78 Å². The SMILES string of the molecule is CN(C)c1cc(CN2CC=CCC2)c(O)c2c1C[C@H]1C[C@H]3[C@H](N(C)C)C(=O)C(C(N)=O)=C(O)[C@@]3(O)C(=O)C1=C2O.PI. The fourth-order valence-electron chi connectivity index (χ4n) is 6.94. The van der Waals surface area contributed by atoms with Gasteiger partial charge in [0.25, 0.3) is 5.91 Å². The van der Waals surface area contributed by atoms with Gasteiger partial charge in [-0.05, 0) is 50.9 Å². The van der Waals surface area contributed by atoms with E-state index in [0.29, 0.717) is 17.7 Å². The van der Waals surface area contributed by atoms with Crippen LogP contribution in [0.3, 0.4) is 0 Å². The highest BCUT2D eigenvalue weighted by Crippen LogP contribution is 2.54. The van der Waals surface area contributed by atoms with Crippen LogP contribution in [0.15, 0.2) is 35.1 Å². The summed E-state index contributed by atoms with van der Waals surface area (Å²) >= 11 is 2.07. The molecule has 1 aromatic rings. The van der Waals surface area contributed by atoms with E-state index in [4.69, 9.17) is 5.73 Å². The quantitative estimate of drug-likeness (QED) is 0.132. The van der Waals surface area contributed by atoms with Crippen molar-refractivity contribution in [1.82, 2.24) is 9.80 Å². The van der Waals surface area contributed by atoms with E-state index in [2.05, 4.69) is 46.0 Å². The average Bonchev–Trinajstić information content (AvgIpc) is 2.93. The summed E-state index contributed by atoms with van der Waals surface area (Å²) in [5.74, 6) is -6.46. The van der Waals surface area contributed by atoms with Crippen LogP contribution in [0.5, 0.6) is 5.75 Å². The van der Waals surface area contributed by atoms with Crippen molar-refractivity contribution in [3.63, 3.8) is 0 Å². The summed E-state index contributed by atoms with van der Waals surface area (Å²) in [5.41, 5.74) is 3.89. The first-order chi connectivity index (χ1) is 19.8. The number of hydrogen-bond acceptors (Lipinski definition) is 10. The van der Waals surface area contributed by atoms with Crippen LogP contribution in [0.1, 0.15) is 29.5 Å². The van der Waals surface area contributed by atoms with Crippen molar-refractivity contribution in [2.24, 2.45) is 17.6 Å². The van der Waals surface area contributed by atoms with Gasteiger partial charge in [-0.15, -0.1) is 0 Å². The Hall–Kier alpha value is -2.51. The molecule has 6 N–H and O–H groups in total.